The third-order valence-electron chi connectivity index (χ3n) is 3.84. The highest BCUT2D eigenvalue weighted by molar-refractivity contribution is 5.71. The van der Waals surface area contributed by atoms with Crippen molar-refractivity contribution in [3.8, 4) is 0 Å². The summed E-state index contributed by atoms with van der Waals surface area (Å²) in [5, 5.41) is 23.6. The van der Waals surface area contributed by atoms with Gasteiger partial charge < -0.3 is 5.11 Å². The molecule has 2 N–H and O–H groups in total. The molecule has 0 saturated heterocycles. The summed E-state index contributed by atoms with van der Waals surface area (Å²) >= 11 is 0. The molecule has 2 rings (SSSR count). The average molecular weight is 314 g/mol. The molecule has 122 valence electrons. The zero-order valence-corrected chi connectivity index (χ0v) is 13.4. The predicted octanol–water partition coefficient (Wildman–Crippen LogP) is 2.97. The maximum atomic E-state index is 11.8. The monoisotopic (exact) mass is 314 g/mol. The highest BCUT2D eigenvalue weighted by Gasteiger charge is 2.31. The van der Waals surface area contributed by atoms with Crippen LogP contribution < -0.4 is 0 Å². The van der Waals surface area contributed by atoms with Crippen LogP contribution in [0.5, 0.6) is 0 Å². The van der Waals surface area contributed by atoms with E-state index in [1.165, 1.54) is 5.57 Å². The van der Waals surface area contributed by atoms with E-state index in [1.807, 2.05) is 44.2 Å². The summed E-state index contributed by atoms with van der Waals surface area (Å²) < 4.78 is 0. The normalized spacial score (nSPS) is 13.3. The van der Waals surface area contributed by atoms with Gasteiger partial charge in [0, 0.05) is 5.92 Å². The highest BCUT2D eigenvalue weighted by Crippen LogP contribution is 2.30. The first-order chi connectivity index (χ1) is 11.1. The molecule has 0 spiro atoms. The molecular weight excluding hydrogens is 292 g/mol. The van der Waals surface area contributed by atoms with Gasteiger partial charge in [0.2, 0.25) is 0 Å². The van der Waals surface area contributed by atoms with Gasteiger partial charge in [-0.25, -0.2) is 5.10 Å². The number of allylic oxidation sites excluding steroid dienone is 2. The molecule has 0 radical (unpaired) electrons. The van der Waals surface area contributed by atoms with Gasteiger partial charge in [0.05, 0.1) is 5.92 Å². The first kappa shape index (κ1) is 16.9. The fourth-order valence-corrected chi connectivity index (χ4v) is 2.67. The quantitative estimate of drug-likeness (QED) is 0.731. The van der Waals surface area contributed by atoms with E-state index in [2.05, 4.69) is 26.7 Å². The summed E-state index contributed by atoms with van der Waals surface area (Å²) in [7, 11) is 0. The van der Waals surface area contributed by atoms with Crippen molar-refractivity contribution in [2.45, 2.75) is 39.0 Å². The minimum atomic E-state index is -0.815. The number of carboxylic acid groups (broad SMARTS) is 1. The molecule has 1 aromatic heterocycles. The number of hydrogen-bond donors (Lipinski definition) is 2. The van der Waals surface area contributed by atoms with E-state index in [9.17, 15) is 9.90 Å². The summed E-state index contributed by atoms with van der Waals surface area (Å²) in [4.78, 5) is 11.8. The van der Waals surface area contributed by atoms with E-state index < -0.39 is 11.9 Å². The lowest BCUT2D eigenvalue weighted by atomic mass is 9.83. The second-order valence-corrected chi connectivity index (χ2v) is 5.89. The highest BCUT2D eigenvalue weighted by atomic mass is 16.4. The summed E-state index contributed by atoms with van der Waals surface area (Å²) in [6, 6.07) is 9.82. The van der Waals surface area contributed by atoms with Crippen LogP contribution in [0.3, 0.4) is 0 Å². The molecule has 0 saturated carbocycles. The van der Waals surface area contributed by atoms with Crippen LogP contribution in [-0.2, 0) is 11.2 Å². The number of nitrogens with one attached hydrogen (secondary N) is 1. The van der Waals surface area contributed by atoms with Crippen LogP contribution in [0, 0.1) is 5.92 Å². The van der Waals surface area contributed by atoms with Crippen LogP contribution in [0.2, 0.25) is 0 Å². The number of aromatic amines is 1. The molecule has 0 fully saturated rings. The van der Waals surface area contributed by atoms with Crippen LogP contribution in [0.4, 0.5) is 0 Å². The number of aromatic nitrogens is 4. The van der Waals surface area contributed by atoms with Gasteiger partial charge in [-0.3, -0.25) is 4.79 Å². The molecule has 1 heterocycles. The van der Waals surface area contributed by atoms with Gasteiger partial charge in [0.1, 0.15) is 0 Å². The largest absolute Gasteiger partial charge is 0.481 e. The first-order valence-electron chi connectivity index (χ1n) is 7.71. The van der Waals surface area contributed by atoms with Gasteiger partial charge in [-0.15, -0.1) is 5.10 Å². The van der Waals surface area contributed by atoms with E-state index in [0.29, 0.717) is 18.7 Å². The van der Waals surface area contributed by atoms with E-state index in [4.69, 9.17) is 0 Å². The second-order valence-electron chi connectivity index (χ2n) is 5.89. The molecule has 2 aromatic rings. The van der Waals surface area contributed by atoms with Crippen molar-refractivity contribution < 1.29 is 9.90 Å². The van der Waals surface area contributed by atoms with Gasteiger partial charge in [0.15, 0.2) is 5.82 Å². The van der Waals surface area contributed by atoms with Crippen LogP contribution in [0.25, 0.3) is 0 Å². The zero-order valence-electron chi connectivity index (χ0n) is 13.4. The number of rotatable bonds is 8. The van der Waals surface area contributed by atoms with Crippen molar-refractivity contribution in [1.82, 2.24) is 20.6 Å². The van der Waals surface area contributed by atoms with Gasteiger partial charge in [0.25, 0.3) is 0 Å². The third-order valence-corrected chi connectivity index (χ3v) is 3.84. The van der Waals surface area contributed by atoms with Gasteiger partial charge in [-0.05, 0) is 49.1 Å². The molecule has 0 bridgehead atoms. The van der Waals surface area contributed by atoms with Crippen LogP contribution >= 0.6 is 0 Å². The maximum Gasteiger partial charge on any atom is 0.307 e. The Morgan fingerprint density at radius 2 is 2.04 bits per heavy atom. The Balaban J connectivity index is 2.22. The molecular formula is C17H22N4O2. The topological polar surface area (TPSA) is 91.8 Å². The minimum absolute atomic E-state index is 0.282. The molecule has 6 heteroatoms. The Labute approximate surface area is 135 Å². The van der Waals surface area contributed by atoms with Crippen LogP contribution in [-0.4, -0.2) is 31.7 Å². The molecule has 23 heavy (non-hydrogen) atoms. The molecule has 6 nitrogen and oxygen atoms in total. The fraction of sp³-hybridized carbons (Fsp3) is 0.412. The first-order valence-corrected chi connectivity index (χ1v) is 7.71. The number of H-pyrrole nitrogens is 1. The predicted molar refractivity (Wildman–Crippen MR) is 86.9 cm³/mol. The third kappa shape index (κ3) is 5.02. The zero-order chi connectivity index (χ0) is 16.7. The van der Waals surface area contributed by atoms with Gasteiger partial charge in [-0.1, -0.05) is 42.0 Å². The Morgan fingerprint density at radius 3 is 2.61 bits per heavy atom. The van der Waals surface area contributed by atoms with Crippen LogP contribution in [0.1, 0.15) is 44.0 Å². The molecule has 0 amide bonds. The minimum Gasteiger partial charge on any atom is -0.481 e. The van der Waals surface area contributed by atoms with E-state index in [-0.39, 0.29) is 5.92 Å². The smallest absolute Gasteiger partial charge is 0.307 e. The lowest BCUT2D eigenvalue weighted by Crippen LogP contribution is -2.25. The standard InChI is InChI=1S/C17H22N4O2/c1-12(2)7-6-10-14(17(22)23)15(16-18-20-21-19-16)11-13-8-4-3-5-9-13/h3-5,7-9,14-15H,6,10-11H2,1-2H3,(H,22,23)(H,18,19,20,21)/t14-,15-/m0/s1. The van der Waals surface area contributed by atoms with Crippen molar-refractivity contribution in [2.75, 3.05) is 0 Å². The van der Waals surface area contributed by atoms with Gasteiger partial charge >= 0.3 is 5.97 Å². The molecule has 2 atom stereocenters. The fourth-order valence-electron chi connectivity index (χ4n) is 2.67. The number of benzene rings is 1. The second kappa shape index (κ2) is 8.22. The average Bonchev–Trinajstić information content (AvgIpc) is 3.04. The summed E-state index contributed by atoms with van der Waals surface area (Å²) in [5.41, 5.74) is 2.26. The SMILES string of the molecule is CC(C)=CCC[C@H](C(=O)O)[C@H](Cc1ccccc1)c1nnn[nH]1. The summed E-state index contributed by atoms with van der Waals surface area (Å²) in [6.45, 7) is 4.02. The lowest BCUT2D eigenvalue weighted by Gasteiger charge is -2.21. The van der Waals surface area contributed by atoms with Gasteiger partial charge in [-0.2, -0.15) is 0 Å². The van der Waals surface area contributed by atoms with Crippen LogP contribution in [0.15, 0.2) is 42.0 Å². The number of carboxylic acids is 1. The number of nitrogens with zero attached hydrogens (tertiary/aromatic N) is 3. The lowest BCUT2D eigenvalue weighted by molar-refractivity contribution is -0.142. The van der Waals surface area contributed by atoms with Crippen molar-refractivity contribution in [2.24, 2.45) is 5.92 Å². The summed E-state index contributed by atoms with van der Waals surface area (Å²) in [6.07, 6.45) is 3.93. The molecule has 0 aliphatic rings. The Bertz CT molecular complexity index is 634. The molecule has 0 unspecified atom stereocenters. The number of tetrazole rings is 1. The number of hydrogen-bond acceptors (Lipinski definition) is 4. The van der Waals surface area contributed by atoms with Crippen molar-refractivity contribution >= 4 is 5.97 Å². The summed E-state index contributed by atoms with van der Waals surface area (Å²) in [5.74, 6) is -1.11. The Morgan fingerprint density at radius 1 is 1.30 bits per heavy atom. The van der Waals surface area contributed by atoms with E-state index in [0.717, 1.165) is 12.0 Å². The number of aliphatic carboxylic acids is 1. The number of carbonyl (C=O) groups is 1. The molecule has 0 aliphatic heterocycles. The molecule has 1 aromatic carbocycles. The Hall–Kier alpha value is -2.50. The van der Waals surface area contributed by atoms with E-state index in [1.54, 1.807) is 0 Å². The van der Waals surface area contributed by atoms with E-state index >= 15 is 0 Å². The maximum absolute atomic E-state index is 11.8. The van der Waals surface area contributed by atoms with Crippen molar-refractivity contribution in [1.29, 1.82) is 0 Å². The molecule has 0 aliphatic carbocycles. The Kier molecular flexibility index (Phi) is 6.02. The van der Waals surface area contributed by atoms with Crippen molar-refractivity contribution in [3.05, 3.63) is 53.4 Å². The van der Waals surface area contributed by atoms with Crippen molar-refractivity contribution in [3.63, 3.8) is 0 Å².